The summed E-state index contributed by atoms with van der Waals surface area (Å²) in [7, 11) is 1.63. The number of carbonyl (C=O) groups is 2. The van der Waals surface area contributed by atoms with Crippen molar-refractivity contribution >= 4 is 22.7 Å². The minimum absolute atomic E-state index is 0.132. The number of H-pyrrole nitrogens is 1. The Labute approximate surface area is 164 Å². The molecule has 5 rings (SSSR count). The number of aromatic amines is 1. The van der Waals surface area contributed by atoms with Gasteiger partial charge in [0, 0.05) is 43.8 Å². The van der Waals surface area contributed by atoms with Crippen LogP contribution in [0, 0.1) is 5.92 Å². The van der Waals surface area contributed by atoms with Crippen molar-refractivity contribution in [1.82, 2.24) is 14.8 Å². The largest absolute Gasteiger partial charge is 0.369 e. The molecule has 3 aliphatic rings. The van der Waals surface area contributed by atoms with E-state index in [2.05, 4.69) is 16.0 Å². The van der Waals surface area contributed by atoms with E-state index in [9.17, 15) is 9.59 Å². The van der Waals surface area contributed by atoms with Gasteiger partial charge in [-0.2, -0.15) is 0 Å². The van der Waals surface area contributed by atoms with Crippen molar-refractivity contribution in [2.75, 3.05) is 26.7 Å². The zero-order chi connectivity index (χ0) is 19.3. The third kappa shape index (κ3) is 2.73. The van der Waals surface area contributed by atoms with Crippen LogP contribution in [-0.2, 0) is 20.7 Å². The molecule has 1 atom stereocenters. The van der Waals surface area contributed by atoms with Crippen molar-refractivity contribution in [1.29, 1.82) is 0 Å². The second kappa shape index (κ2) is 6.62. The molecule has 1 aliphatic carbocycles. The van der Waals surface area contributed by atoms with Gasteiger partial charge in [0.25, 0.3) is 5.91 Å². The normalized spacial score (nSPS) is 24.0. The Morgan fingerprint density at radius 2 is 2.00 bits per heavy atom. The molecule has 148 valence electrons. The summed E-state index contributed by atoms with van der Waals surface area (Å²) in [5, 5.41) is 1.11. The van der Waals surface area contributed by atoms with Gasteiger partial charge in [-0.15, -0.1) is 0 Å². The number of para-hydroxylation sites is 1. The molecule has 0 radical (unpaired) electrons. The molecule has 1 aromatic carbocycles. The summed E-state index contributed by atoms with van der Waals surface area (Å²) < 4.78 is 5.55. The van der Waals surface area contributed by atoms with E-state index in [1.807, 2.05) is 29.3 Å². The second-order valence-corrected chi connectivity index (χ2v) is 8.53. The van der Waals surface area contributed by atoms with Gasteiger partial charge < -0.3 is 19.5 Å². The van der Waals surface area contributed by atoms with Crippen LogP contribution in [0.1, 0.15) is 31.2 Å². The van der Waals surface area contributed by atoms with Crippen LogP contribution in [0.4, 0.5) is 0 Å². The number of methoxy groups -OCH3 is 1. The van der Waals surface area contributed by atoms with Crippen LogP contribution in [0.3, 0.4) is 0 Å². The Morgan fingerprint density at radius 3 is 2.71 bits per heavy atom. The molecule has 1 aromatic heterocycles. The Hall–Kier alpha value is -2.34. The van der Waals surface area contributed by atoms with Crippen LogP contribution in [0.25, 0.3) is 10.9 Å². The van der Waals surface area contributed by atoms with Gasteiger partial charge in [0.1, 0.15) is 0 Å². The van der Waals surface area contributed by atoms with Crippen LogP contribution in [0.5, 0.6) is 0 Å². The predicted octanol–water partition coefficient (Wildman–Crippen LogP) is 2.34. The smallest absolute Gasteiger partial charge is 0.254 e. The third-order valence-corrected chi connectivity index (χ3v) is 6.89. The van der Waals surface area contributed by atoms with E-state index in [-0.39, 0.29) is 23.5 Å². The maximum absolute atomic E-state index is 12.9. The Morgan fingerprint density at radius 1 is 1.25 bits per heavy atom. The maximum atomic E-state index is 12.9. The Kier molecular flexibility index (Phi) is 4.19. The first-order valence-corrected chi connectivity index (χ1v) is 10.3. The molecule has 6 heteroatoms. The summed E-state index contributed by atoms with van der Waals surface area (Å²) >= 11 is 0. The van der Waals surface area contributed by atoms with E-state index < -0.39 is 0 Å². The molecule has 1 saturated carbocycles. The van der Waals surface area contributed by atoms with Gasteiger partial charge in [-0.25, -0.2) is 0 Å². The lowest BCUT2D eigenvalue weighted by molar-refractivity contribution is -0.199. The maximum Gasteiger partial charge on any atom is 0.254 e. The fraction of sp³-hybridized carbons (Fsp3) is 0.545. The van der Waals surface area contributed by atoms with Gasteiger partial charge in [-0.1, -0.05) is 18.2 Å². The van der Waals surface area contributed by atoms with Crippen LogP contribution in [-0.4, -0.2) is 65.0 Å². The molecule has 0 bridgehead atoms. The summed E-state index contributed by atoms with van der Waals surface area (Å²) in [4.78, 5) is 32.7. The van der Waals surface area contributed by atoms with E-state index in [0.717, 1.165) is 35.9 Å². The zero-order valence-corrected chi connectivity index (χ0v) is 16.3. The number of piperidine rings is 1. The molecular weight excluding hydrogens is 354 g/mol. The first kappa shape index (κ1) is 17.7. The number of nitrogens with zero attached hydrogens (tertiary/aromatic N) is 2. The van der Waals surface area contributed by atoms with Gasteiger partial charge in [-0.3, -0.25) is 9.59 Å². The van der Waals surface area contributed by atoms with Crippen molar-refractivity contribution in [3.8, 4) is 0 Å². The average Bonchev–Trinajstić information content (AvgIpc) is 3.47. The number of nitrogens with one attached hydrogen (secondary N) is 1. The lowest BCUT2D eigenvalue weighted by Crippen LogP contribution is -2.77. The fourth-order valence-electron chi connectivity index (χ4n) is 5.04. The number of rotatable bonds is 5. The molecule has 28 heavy (non-hydrogen) atoms. The SMILES string of the molecule is COC1C(=O)N(CC2CC2)C12CCN(C(=O)Cc1c[nH]c3ccccc13)CC2. The fourth-order valence-corrected chi connectivity index (χ4v) is 5.04. The number of carbonyl (C=O) groups excluding carboxylic acids is 2. The van der Waals surface area contributed by atoms with Crippen LogP contribution in [0.2, 0.25) is 0 Å². The highest BCUT2D eigenvalue weighted by atomic mass is 16.5. The molecule has 2 aromatic rings. The van der Waals surface area contributed by atoms with Gasteiger partial charge in [0.15, 0.2) is 6.10 Å². The monoisotopic (exact) mass is 381 g/mol. The van der Waals surface area contributed by atoms with E-state index in [1.165, 1.54) is 12.8 Å². The number of amides is 2. The Bertz CT molecular complexity index is 909. The van der Waals surface area contributed by atoms with Gasteiger partial charge >= 0.3 is 0 Å². The topological polar surface area (TPSA) is 65.6 Å². The highest BCUT2D eigenvalue weighted by Crippen LogP contribution is 2.45. The lowest BCUT2D eigenvalue weighted by Gasteiger charge is -2.59. The van der Waals surface area contributed by atoms with Crippen molar-refractivity contribution in [2.24, 2.45) is 5.92 Å². The summed E-state index contributed by atoms with van der Waals surface area (Å²) in [5.41, 5.74) is 1.91. The van der Waals surface area contributed by atoms with Gasteiger partial charge in [0.05, 0.1) is 12.0 Å². The predicted molar refractivity (Wildman–Crippen MR) is 106 cm³/mol. The average molecular weight is 381 g/mol. The summed E-state index contributed by atoms with van der Waals surface area (Å²) in [6, 6.07) is 8.08. The van der Waals surface area contributed by atoms with Crippen molar-refractivity contribution < 1.29 is 14.3 Å². The molecule has 2 aliphatic heterocycles. The molecule has 2 saturated heterocycles. The van der Waals surface area contributed by atoms with E-state index >= 15 is 0 Å². The van der Waals surface area contributed by atoms with Crippen molar-refractivity contribution in [3.63, 3.8) is 0 Å². The van der Waals surface area contributed by atoms with Crippen LogP contribution >= 0.6 is 0 Å². The molecule has 6 nitrogen and oxygen atoms in total. The zero-order valence-electron chi connectivity index (χ0n) is 16.3. The molecular formula is C22H27N3O3. The minimum Gasteiger partial charge on any atom is -0.369 e. The number of likely N-dealkylation sites (tertiary alicyclic amines) is 2. The highest BCUT2D eigenvalue weighted by Gasteiger charge is 2.61. The first-order chi connectivity index (χ1) is 13.6. The number of ether oxygens (including phenoxy) is 1. The minimum atomic E-state index is -0.336. The van der Waals surface area contributed by atoms with Gasteiger partial charge in [-0.05, 0) is 43.2 Å². The van der Waals surface area contributed by atoms with Crippen LogP contribution < -0.4 is 0 Å². The van der Waals surface area contributed by atoms with Crippen LogP contribution in [0.15, 0.2) is 30.5 Å². The number of hydrogen-bond acceptors (Lipinski definition) is 3. The van der Waals surface area contributed by atoms with Gasteiger partial charge in [0.2, 0.25) is 5.91 Å². The molecule has 3 fully saturated rings. The first-order valence-electron chi connectivity index (χ1n) is 10.3. The number of aromatic nitrogens is 1. The van der Waals surface area contributed by atoms with Crippen molar-refractivity contribution in [3.05, 3.63) is 36.0 Å². The Balaban J connectivity index is 1.26. The molecule has 1 N–H and O–H groups in total. The van der Waals surface area contributed by atoms with E-state index in [0.29, 0.717) is 25.4 Å². The van der Waals surface area contributed by atoms with E-state index in [4.69, 9.17) is 4.74 Å². The quantitative estimate of drug-likeness (QED) is 0.809. The molecule has 1 spiro atoms. The molecule has 3 heterocycles. The summed E-state index contributed by atoms with van der Waals surface area (Å²) in [6.45, 7) is 2.24. The number of β-lactam (4-membered cyclic amide) rings is 1. The number of benzene rings is 1. The molecule has 1 unspecified atom stereocenters. The summed E-state index contributed by atoms with van der Waals surface area (Å²) in [5.74, 6) is 0.959. The third-order valence-electron chi connectivity index (χ3n) is 6.89. The number of hydrogen-bond donors (Lipinski definition) is 1. The second-order valence-electron chi connectivity index (χ2n) is 8.53. The highest BCUT2D eigenvalue weighted by molar-refractivity contribution is 5.91. The lowest BCUT2D eigenvalue weighted by atomic mass is 9.72. The number of fused-ring (bicyclic) bond motifs is 1. The standard InChI is InChI=1S/C22H27N3O3/c1-28-20-21(27)25(14-15-6-7-15)22(20)8-10-24(11-9-22)19(26)12-16-13-23-18-5-3-2-4-17(16)18/h2-5,13,15,20,23H,6-12,14H2,1H3. The molecule has 2 amide bonds. The van der Waals surface area contributed by atoms with E-state index in [1.54, 1.807) is 7.11 Å². The van der Waals surface area contributed by atoms with Crippen molar-refractivity contribution in [2.45, 2.75) is 43.7 Å². The summed E-state index contributed by atoms with van der Waals surface area (Å²) in [6.07, 6.45) is 6.09.